The summed E-state index contributed by atoms with van der Waals surface area (Å²) in [5.74, 6) is -0.224. The van der Waals surface area contributed by atoms with Gasteiger partial charge in [0.15, 0.2) is 0 Å². The summed E-state index contributed by atoms with van der Waals surface area (Å²) in [7, 11) is 0. The van der Waals surface area contributed by atoms with E-state index in [1.165, 1.54) is 0 Å². The van der Waals surface area contributed by atoms with Gasteiger partial charge in [-0.05, 0) is 38.3 Å². The first-order valence-corrected chi connectivity index (χ1v) is 5.55. The highest BCUT2D eigenvalue weighted by Gasteiger charge is 2.37. The average molecular weight is 220 g/mol. The summed E-state index contributed by atoms with van der Waals surface area (Å²) in [5.41, 5.74) is 1.24. The highest BCUT2D eigenvalue weighted by Crippen LogP contribution is 2.37. The Morgan fingerprint density at radius 2 is 2.25 bits per heavy atom. The van der Waals surface area contributed by atoms with E-state index < -0.39 is 5.97 Å². The topological polar surface area (TPSA) is 62.2 Å². The molecule has 0 aliphatic heterocycles. The number of hydrogen-bond donors (Lipinski definition) is 2. The van der Waals surface area contributed by atoms with Gasteiger partial charge in [0, 0.05) is 11.2 Å². The standard InChI is InChI=1S/C12H16N2O2/c1-3-9-6-8(11(15)16)7-10(13-9)14-12(2)4-5-12/h6-7H,3-5H2,1-2H3,(H,13,14)(H,15,16). The molecule has 0 amide bonds. The van der Waals surface area contributed by atoms with Crippen LogP contribution in [0.4, 0.5) is 5.82 Å². The molecule has 2 N–H and O–H groups in total. The predicted octanol–water partition coefficient (Wildman–Crippen LogP) is 2.31. The molecule has 0 radical (unpaired) electrons. The van der Waals surface area contributed by atoms with Crippen LogP contribution in [0.3, 0.4) is 0 Å². The van der Waals surface area contributed by atoms with Crippen LogP contribution < -0.4 is 5.32 Å². The highest BCUT2D eigenvalue weighted by molar-refractivity contribution is 5.88. The third-order valence-electron chi connectivity index (χ3n) is 2.92. The maximum absolute atomic E-state index is 10.9. The van der Waals surface area contributed by atoms with E-state index in [2.05, 4.69) is 17.2 Å². The van der Waals surface area contributed by atoms with E-state index in [9.17, 15) is 4.79 Å². The minimum Gasteiger partial charge on any atom is -0.478 e. The number of nitrogens with one attached hydrogen (secondary N) is 1. The van der Waals surface area contributed by atoms with Gasteiger partial charge in [0.05, 0.1) is 5.56 Å². The lowest BCUT2D eigenvalue weighted by molar-refractivity contribution is 0.0696. The lowest BCUT2D eigenvalue weighted by Crippen LogP contribution is -2.18. The number of hydrogen-bond acceptors (Lipinski definition) is 3. The SMILES string of the molecule is CCc1cc(C(=O)O)cc(NC2(C)CC2)n1. The van der Waals surface area contributed by atoms with Crippen molar-refractivity contribution < 1.29 is 9.90 Å². The van der Waals surface area contributed by atoms with Crippen molar-refractivity contribution in [2.75, 3.05) is 5.32 Å². The van der Waals surface area contributed by atoms with Crippen molar-refractivity contribution in [1.29, 1.82) is 0 Å². The van der Waals surface area contributed by atoms with Crippen molar-refractivity contribution >= 4 is 11.8 Å². The number of pyridine rings is 1. The van der Waals surface area contributed by atoms with E-state index in [0.717, 1.165) is 25.0 Å². The number of nitrogens with zero attached hydrogens (tertiary/aromatic N) is 1. The van der Waals surface area contributed by atoms with Crippen LogP contribution in [0.5, 0.6) is 0 Å². The molecule has 1 aromatic heterocycles. The van der Waals surface area contributed by atoms with Crippen LogP contribution in [0.15, 0.2) is 12.1 Å². The molecule has 16 heavy (non-hydrogen) atoms. The molecule has 1 heterocycles. The van der Waals surface area contributed by atoms with Crippen molar-refractivity contribution in [2.24, 2.45) is 0 Å². The number of aromatic nitrogens is 1. The van der Waals surface area contributed by atoms with Gasteiger partial charge in [-0.25, -0.2) is 9.78 Å². The van der Waals surface area contributed by atoms with Crippen molar-refractivity contribution in [2.45, 2.75) is 38.6 Å². The lowest BCUT2D eigenvalue weighted by Gasteiger charge is -2.13. The summed E-state index contributed by atoms with van der Waals surface area (Å²) in [4.78, 5) is 15.3. The molecule has 1 aromatic rings. The molecule has 0 atom stereocenters. The Hall–Kier alpha value is -1.58. The predicted molar refractivity (Wildman–Crippen MR) is 61.8 cm³/mol. The maximum atomic E-state index is 10.9. The van der Waals surface area contributed by atoms with E-state index >= 15 is 0 Å². The number of anilines is 1. The van der Waals surface area contributed by atoms with Crippen LogP contribution in [0.1, 0.15) is 42.7 Å². The fourth-order valence-electron chi connectivity index (χ4n) is 1.58. The lowest BCUT2D eigenvalue weighted by atomic mass is 10.2. The van der Waals surface area contributed by atoms with Gasteiger partial charge in [-0.3, -0.25) is 0 Å². The third-order valence-corrected chi connectivity index (χ3v) is 2.92. The molecule has 0 spiro atoms. The molecule has 86 valence electrons. The van der Waals surface area contributed by atoms with Crippen LogP contribution in [0, 0.1) is 0 Å². The summed E-state index contributed by atoms with van der Waals surface area (Å²) >= 11 is 0. The van der Waals surface area contributed by atoms with Gasteiger partial charge in [0.2, 0.25) is 0 Å². The normalized spacial score (nSPS) is 16.9. The Bertz CT molecular complexity index is 425. The van der Waals surface area contributed by atoms with Gasteiger partial charge >= 0.3 is 5.97 Å². The molecule has 4 nitrogen and oxygen atoms in total. The number of carboxylic acids is 1. The Morgan fingerprint density at radius 3 is 2.75 bits per heavy atom. The molecule has 1 saturated carbocycles. The largest absolute Gasteiger partial charge is 0.478 e. The Balaban J connectivity index is 2.29. The minimum absolute atomic E-state index is 0.120. The summed E-state index contributed by atoms with van der Waals surface area (Å²) in [6.07, 6.45) is 2.98. The summed E-state index contributed by atoms with van der Waals surface area (Å²) in [5, 5.41) is 12.3. The third kappa shape index (κ3) is 2.32. The zero-order valence-electron chi connectivity index (χ0n) is 9.58. The molecule has 0 aromatic carbocycles. The van der Waals surface area contributed by atoms with Crippen LogP contribution in [0.25, 0.3) is 0 Å². The first-order valence-electron chi connectivity index (χ1n) is 5.55. The zero-order valence-corrected chi connectivity index (χ0v) is 9.58. The first kappa shape index (κ1) is 10.9. The second-order valence-electron chi connectivity index (χ2n) is 4.58. The van der Waals surface area contributed by atoms with Gasteiger partial charge in [-0.1, -0.05) is 6.92 Å². The van der Waals surface area contributed by atoms with Crippen molar-refractivity contribution in [1.82, 2.24) is 4.98 Å². The van der Waals surface area contributed by atoms with Crippen LogP contribution >= 0.6 is 0 Å². The molecule has 4 heteroatoms. The van der Waals surface area contributed by atoms with Gasteiger partial charge in [-0.2, -0.15) is 0 Å². The van der Waals surface area contributed by atoms with Crippen LogP contribution in [-0.4, -0.2) is 21.6 Å². The number of rotatable bonds is 4. The van der Waals surface area contributed by atoms with Crippen molar-refractivity contribution in [3.05, 3.63) is 23.4 Å². The Kier molecular flexibility index (Phi) is 2.58. The van der Waals surface area contributed by atoms with E-state index in [-0.39, 0.29) is 5.54 Å². The van der Waals surface area contributed by atoms with E-state index in [1.807, 2.05) is 6.92 Å². The fourth-order valence-corrected chi connectivity index (χ4v) is 1.58. The van der Waals surface area contributed by atoms with Gasteiger partial charge in [0.25, 0.3) is 0 Å². The number of carbonyl (C=O) groups is 1. The Labute approximate surface area is 94.7 Å². The molecule has 1 fully saturated rings. The van der Waals surface area contributed by atoms with Gasteiger partial charge in [0.1, 0.15) is 5.82 Å². The molecule has 1 aliphatic carbocycles. The molecule has 0 bridgehead atoms. The van der Waals surface area contributed by atoms with Crippen LogP contribution in [0.2, 0.25) is 0 Å². The monoisotopic (exact) mass is 220 g/mol. The van der Waals surface area contributed by atoms with Gasteiger partial charge < -0.3 is 10.4 Å². The molecular weight excluding hydrogens is 204 g/mol. The Morgan fingerprint density at radius 1 is 1.56 bits per heavy atom. The quantitative estimate of drug-likeness (QED) is 0.817. The smallest absolute Gasteiger partial charge is 0.335 e. The number of carboxylic acid groups (broad SMARTS) is 1. The second-order valence-corrected chi connectivity index (χ2v) is 4.58. The summed E-state index contributed by atoms with van der Waals surface area (Å²) in [6.45, 7) is 4.09. The van der Waals surface area contributed by atoms with Crippen molar-refractivity contribution in [3.8, 4) is 0 Å². The summed E-state index contributed by atoms with van der Waals surface area (Å²) < 4.78 is 0. The molecule has 1 aliphatic rings. The molecule has 2 rings (SSSR count). The molecular formula is C12H16N2O2. The zero-order chi connectivity index (χ0) is 11.8. The highest BCUT2D eigenvalue weighted by atomic mass is 16.4. The fraction of sp³-hybridized carbons (Fsp3) is 0.500. The number of aryl methyl sites for hydroxylation is 1. The minimum atomic E-state index is -0.902. The molecule has 0 unspecified atom stereocenters. The van der Waals surface area contributed by atoms with E-state index in [4.69, 9.17) is 5.11 Å². The average Bonchev–Trinajstić information content (AvgIpc) is 2.95. The molecule has 0 saturated heterocycles. The van der Waals surface area contributed by atoms with Gasteiger partial charge in [-0.15, -0.1) is 0 Å². The number of aromatic carboxylic acids is 1. The van der Waals surface area contributed by atoms with E-state index in [0.29, 0.717) is 11.4 Å². The maximum Gasteiger partial charge on any atom is 0.335 e. The first-order chi connectivity index (χ1) is 7.52. The summed E-state index contributed by atoms with van der Waals surface area (Å²) in [6, 6.07) is 3.23. The second kappa shape index (κ2) is 3.77. The van der Waals surface area contributed by atoms with E-state index in [1.54, 1.807) is 12.1 Å². The van der Waals surface area contributed by atoms with Crippen LogP contribution in [-0.2, 0) is 6.42 Å². The van der Waals surface area contributed by atoms with Crippen molar-refractivity contribution in [3.63, 3.8) is 0 Å².